The third-order valence-electron chi connectivity index (χ3n) is 4.57. The van der Waals surface area contributed by atoms with Gasteiger partial charge in [-0.25, -0.2) is 9.59 Å². The SMILES string of the molecule is CCC1CCCC(NC(=O)NCC2CCC(C(=O)O)O2)C1. The van der Waals surface area contributed by atoms with Crippen molar-refractivity contribution in [3.63, 3.8) is 0 Å². The zero-order valence-electron chi connectivity index (χ0n) is 12.6. The molecule has 0 spiro atoms. The van der Waals surface area contributed by atoms with Crippen LogP contribution in [-0.2, 0) is 9.53 Å². The van der Waals surface area contributed by atoms with Gasteiger partial charge in [0.2, 0.25) is 0 Å². The Morgan fingerprint density at radius 1 is 1.24 bits per heavy atom. The Balaban J connectivity index is 1.65. The number of urea groups is 1. The summed E-state index contributed by atoms with van der Waals surface area (Å²) in [6.45, 7) is 2.57. The first-order valence-electron chi connectivity index (χ1n) is 8.01. The van der Waals surface area contributed by atoms with Crippen LogP contribution in [-0.4, -0.2) is 41.9 Å². The fourth-order valence-corrected chi connectivity index (χ4v) is 3.27. The molecule has 1 saturated heterocycles. The topological polar surface area (TPSA) is 87.7 Å². The molecule has 2 fully saturated rings. The molecular weight excluding hydrogens is 272 g/mol. The molecule has 0 radical (unpaired) electrons. The lowest BCUT2D eigenvalue weighted by molar-refractivity contribution is -0.149. The van der Waals surface area contributed by atoms with Gasteiger partial charge < -0.3 is 20.5 Å². The summed E-state index contributed by atoms with van der Waals surface area (Å²) in [6, 6.07) is 0.0964. The van der Waals surface area contributed by atoms with E-state index in [4.69, 9.17) is 9.84 Å². The molecule has 2 rings (SSSR count). The van der Waals surface area contributed by atoms with Crippen molar-refractivity contribution in [2.24, 2.45) is 5.92 Å². The number of ether oxygens (including phenoxy) is 1. The molecule has 6 heteroatoms. The van der Waals surface area contributed by atoms with Crippen LogP contribution in [0.1, 0.15) is 51.9 Å². The number of aliphatic carboxylic acids is 1. The third kappa shape index (κ3) is 4.88. The minimum absolute atomic E-state index is 0.167. The molecule has 21 heavy (non-hydrogen) atoms. The number of carboxylic acids is 1. The predicted molar refractivity (Wildman–Crippen MR) is 78.1 cm³/mol. The average molecular weight is 298 g/mol. The Kier molecular flexibility index (Phi) is 5.85. The molecule has 1 aliphatic carbocycles. The zero-order chi connectivity index (χ0) is 15.2. The fraction of sp³-hybridized carbons (Fsp3) is 0.867. The minimum atomic E-state index is -0.922. The van der Waals surface area contributed by atoms with Crippen molar-refractivity contribution in [2.45, 2.75) is 70.1 Å². The van der Waals surface area contributed by atoms with Gasteiger partial charge in [0.05, 0.1) is 6.10 Å². The predicted octanol–water partition coefficient (Wildman–Crippen LogP) is 1.89. The maximum absolute atomic E-state index is 11.9. The molecule has 4 atom stereocenters. The summed E-state index contributed by atoms with van der Waals surface area (Å²) in [6.07, 6.45) is 6.01. The lowest BCUT2D eigenvalue weighted by Crippen LogP contribution is -2.46. The van der Waals surface area contributed by atoms with Crippen LogP contribution >= 0.6 is 0 Å². The van der Waals surface area contributed by atoms with E-state index < -0.39 is 12.1 Å². The highest BCUT2D eigenvalue weighted by molar-refractivity contribution is 5.74. The van der Waals surface area contributed by atoms with Gasteiger partial charge >= 0.3 is 12.0 Å². The number of carbonyl (C=O) groups excluding carboxylic acids is 1. The van der Waals surface area contributed by atoms with E-state index in [0.29, 0.717) is 19.4 Å². The average Bonchev–Trinajstić information content (AvgIpc) is 2.94. The largest absolute Gasteiger partial charge is 0.479 e. The Labute approximate surface area is 125 Å². The lowest BCUT2D eigenvalue weighted by atomic mass is 9.84. The van der Waals surface area contributed by atoms with Gasteiger partial charge in [0.15, 0.2) is 6.10 Å². The molecule has 3 N–H and O–H groups in total. The Morgan fingerprint density at radius 3 is 2.71 bits per heavy atom. The van der Waals surface area contributed by atoms with E-state index in [1.54, 1.807) is 0 Å². The van der Waals surface area contributed by atoms with Gasteiger partial charge in [0, 0.05) is 12.6 Å². The highest BCUT2D eigenvalue weighted by Crippen LogP contribution is 2.26. The summed E-state index contributed by atoms with van der Waals surface area (Å²) in [5, 5.41) is 14.7. The molecular formula is C15H26N2O4. The smallest absolute Gasteiger partial charge is 0.332 e. The second kappa shape index (κ2) is 7.64. The fourth-order valence-electron chi connectivity index (χ4n) is 3.27. The van der Waals surface area contributed by atoms with Crippen molar-refractivity contribution < 1.29 is 19.4 Å². The Hall–Kier alpha value is -1.30. The monoisotopic (exact) mass is 298 g/mol. The van der Waals surface area contributed by atoms with Crippen molar-refractivity contribution in [2.75, 3.05) is 6.54 Å². The molecule has 1 heterocycles. The van der Waals surface area contributed by atoms with Crippen LogP contribution in [0.3, 0.4) is 0 Å². The van der Waals surface area contributed by atoms with Crippen molar-refractivity contribution >= 4 is 12.0 Å². The Bertz CT molecular complexity index is 375. The van der Waals surface area contributed by atoms with E-state index in [1.807, 2.05) is 0 Å². The summed E-state index contributed by atoms with van der Waals surface area (Å²) < 4.78 is 5.36. The van der Waals surface area contributed by atoms with Crippen LogP contribution in [0, 0.1) is 5.92 Å². The number of hydrogen-bond donors (Lipinski definition) is 3. The van der Waals surface area contributed by atoms with Gasteiger partial charge in [-0.3, -0.25) is 0 Å². The zero-order valence-corrected chi connectivity index (χ0v) is 12.6. The number of carbonyl (C=O) groups is 2. The molecule has 1 aliphatic heterocycles. The number of carboxylic acid groups (broad SMARTS) is 1. The van der Waals surface area contributed by atoms with E-state index in [2.05, 4.69) is 17.6 Å². The van der Waals surface area contributed by atoms with Crippen LogP contribution in [0.5, 0.6) is 0 Å². The van der Waals surface area contributed by atoms with Crippen molar-refractivity contribution in [1.29, 1.82) is 0 Å². The van der Waals surface area contributed by atoms with Crippen LogP contribution in [0.25, 0.3) is 0 Å². The molecule has 0 aromatic rings. The Morgan fingerprint density at radius 2 is 2.05 bits per heavy atom. The maximum Gasteiger partial charge on any atom is 0.332 e. The number of amides is 2. The maximum atomic E-state index is 11.9. The highest BCUT2D eigenvalue weighted by atomic mass is 16.5. The summed E-state index contributed by atoms with van der Waals surface area (Å²) in [7, 11) is 0. The summed E-state index contributed by atoms with van der Waals surface area (Å²) >= 11 is 0. The van der Waals surface area contributed by atoms with Crippen molar-refractivity contribution in [3.05, 3.63) is 0 Å². The van der Waals surface area contributed by atoms with Crippen LogP contribution in [0.2, 0.25) is 0 Å². The second-order valence-electron chi connectivity index (χ2n) is 6.15. The van der Waals surface area contributed by atoms with Crippen LogP contribution in [0.4, 0.5) is 4.79 Å². The summed E-state index contributed by atoms with van der Waals surface area (Å²) in [5.41, 5.74) is 0. The standard InChI is InChI=1S/C15H26N2O4/c1-2-10-4-3-5-11(8-10)17-15(20)16-9-12-6-7-13(21-12)14(18)19/h10-13H,2-9H2,1H3,(H,18,19)(H2,16,17,20). The summed E-state index contributed by atoms with van der Waals surface area (Å²) in [4.78, 5) is 22.7. The molecule has 0 bridgehead atoms. The van der Waals surface area contributed by atoms with Gasteiger partial charge in [-0.2, -0.15) is 0 Å². The second-order valence-corrected chi connectivity index (χ2v) is 6.15. The number of rotatable bonds is 5. The molecule has 2 aliphatic rings. The molecule has 1 saturated carbocycles. The van der Waals surface area contributed by atoms with E-state index in [0.717, 1.165) is 18.8 Å². The molecule has 2 amide bonds. The van der Waals surface area contributed by atoms with E-state index in [-0.39, 0.29) is 18.2 Å². The lowest BCUT2D eigenvalue weighted by Gasteiger charge is -2.29. The highest BCUT2D eigenvalue weighted by Gasteiger charge is 2.30. The number of nitrogens with one attached hydrogen (secondary N) is 2. The van der Waals surface area contributed by atoms with Gasteiger partial charge in [0.25, 0.3) is 0 Å². The van der Waals surface area contributed by atoms with E-state index in [9.17, 15) is 9.59 Å². The van der Waals surface area contributed by atoms with Gasteiger partial charge in [-0.1, -0.05) is 26.2 Å². The van der Waals surface area contributed by atoms with Crippen LogP contribution < -0.4 is 10.6 Å². The summed E-state index contributed by atoms with van der Waals surface area (Å²) in [5.74, 6) is -0.201. The molecule has 4 unspecified atom stereocenters. The third-order valence-corrected chi connectivity index (χ3v) is 4.57. The van der Waals surface area contributed by atoms with Crippen molar-refractivity contribution in [1.82, 2.24) is 10.6 Å². The molecule has 0 aromatic heterocycles. The minimum Gasteiger partial charge on any atom is -0.479 e. The quantitative estimate of drug-likeness (QED) is 0.723. The first-order chi connectivity index (χ1) is 10.1. The number of hydrogen-bond acceptors (Lipinski definition) is 3. The first-order valence-corrected chi connectivity index (χ1v) is 8.01. The van der Waals surface area contributed by atoms with E-state index >= 15 is 0 Å². The molecule has 120 valence electrons. The molecule has 0 aromatic carbocycles. The van der Waals surface area contributed by atoms with Gasteiger partial charge in [0.1, 0.15) is 0 Å². The van der Waals surface area contributed by atoms with Crippen LogP contribution in [0.15, 0.2) is 0 Å². The van der Waals surface area contributed by atoms with Gasteiger partial charge in [-0.05, 0) is 31.6 Å². The molecule has 6 nitrogen and oxygen atoms in total. The van der Waals surface area contributed by atoms with Gasteiger partial charge in [-0.15, -0.1) is 0 Å². The van der Waals surface area contributed by atoms with Crippen molar-refractivity contribution in [3.8, 4) is 0 Å². The normalized spacial score (nSPS) is 32.6. The first kappa shape index (κ1) is 16.1. The van der Waals surface area contributed by atoms with E-state index in [1.165, 1.54) is 19.3 Å².